The summed E-state index contributed by atoms with van der Waals surface area (Å²) < 4.78 is 0. The maximum Gasteiger partial charge on any atom is 0.262 e. The molecule has 1 heterocycles. The van der Waals surface area contributed by atoms with Crippen molar-refractivity contribution in [2.45, 2.75) is 50.8 Å². The number of carbonyl (C=O) groups excluding carboxylic acids is 2. The minimum Gasteiger partial charge on any atom is -0.352 e. The summed E-state index contributed by atoms with van der Waals surface area (Å²) in [6, 6.07) is 15.3. The molecule has 1 aliphatic rings. The quantitative estimate of drug-likeness (QED) is 0.307. The van der Waals surface area contributed by atoms with Crippen LogP contribution in [0.3, 0.4) is 0 Å². The van der Waals surface area contributed by atoms with Gasteiger partial charge in [0, 0.05) is 17.0 Å². The molecular formula is C27H35N3O2S. The van der Waals surface area contributed by atoms with Gasteiger partial charge in [-0.1, -0.05) is 68.8 Å². The van der Waals surface area contributed by atoms with Crippen molar-refractivity contribution in [3.8, 4) is 0 Å². The second-order valence-corrected chi connectivity index (χ2v) is 9.43. The van der Waals surface area contributed by atoms with Gasteiger partial charge in [0.25, 0.3) is 11.8 Å². The van der Waals surface area contributed by atoms with Gasteiger partial charge in [0.05, 0.1) is 10.6 Å². The highest BCUT2D eigenvalue weighted by Crippen LogP contribution is 2.39. The molecule has 0 saturated heterocycles. The van der Waals surface area contributed by atoms with Crippen molar-refractivity contribution in [2.75, 3.05) is 31.5 Å². The topological polar surface area (TPSA) is 61.4 Å². The Morgan fingerprint density at radius 2 is 1.70 bits per heavy atom. The lowest BCUT2D eigenvalue weighted by Crippen LogP contribution is -2.31. The molecule has 6 heteroatoms. The van der Waals surface area contributed by atoms with Crippen LogP contribution < -0.4 is 10.6 Å². The molecule has 0 saturated carbocycles. The first-order valence-electron chi connectivity index (χ1n) is 12.0. The van der Waals surface area contributed by atoms with Crippen molar-refractivity contribution < 1.29 is 9.59 Å². The van der Waals surface area contributed by atoms with Crippen LogP contribution in [-0.4, -0.2) is 42.9 Å². The summed E-state index contributed by atoms with van der Waals surface area (Å²) in [7, 11) is 0. The van der Waals surface area contributed by atoms with E-state index in [4.69, 9.17) is 0 Å². The van der Waals surface area contributed by atoms with Crippen LogP contribution in [0.25, 0.3) is 6.08 Å². The molecule has 2 N–H and O–H groups in total. The summed E-state index contributed by atoms with van der Waals surface area (Å²) in [5.74, 6) is -0.246. The smallest absolute Gasteiger partial charge is 0.262 e. The Hall–Kier alpha value is -2.57. The van der Waals surface area contributed by atoms with E-state index in [1.165, 1.54) is 37.4 Å². The summed E-state index contributed by atoms with van der Waals surface area (Å²) in [5.41, 5.74) is 2.24. The highest BCUT2D eigenvalue weighted by Gasteiger charge is 2.22. The summed E-state index contributed by atoms with van der Waals surface area (Å²) >= 11 is 1.43. The molecule has 0 aromatic heterocycles. The van der Waals surface area contributed by atoms with Gasteiger partial charge < -0.3 is 15.5 Å². The van der Waals surface area contributed by atoms with Crippen molar-refractivity contribution in [1.82, 2.24) is 10.2 Å². The zero-order valence-electron chi connectivity index (χ0n) is 19.7. The van der Waals surface area contributed by atoms with Gasteiger partial charge in [-0.2, -0.15) is 0 Å². The second-order valence-electron chi connectivity index (χ2n) is 8.34. The van der Waals surface area contributed by atoms with E-state index in [-0.39, 0.29) is 11.8 Å². The fraction of sp³-hybridized carbons (Fsp3) is 0.407. The van der Waals surface area contributed by atoms with E-state index in [9.17, 15) is 9.59 Å². The van der Waals surface area contributed by atoms with Crippen LogP contribution in [0.4, 0.5) is 5.69 Å². The molecule has 2 aromatic rings. The molecule has 5 nitrogen and oxygen atoms in total. The van der Waals surface area contributed by atoms with E-state index in [1.54, 1.807) is 6.07 Å². The van der Waals surface area contributed by atoms with Crippen molar-refractivity contribution in [3.05, 3.63) is 64.6 Å². The number of benzene rings is 2. The van der Waals surface area contributed by atoms with Crippen LogP contribution in [0.1, 0.15) is 61.9 Å². The SMILES string of the molecule is CCCCN(CCCC)CCCNC(=O)c1ccc2c(c1)NC(=O)/C(=C/c1ccccc1)S2. The first-order chi connectivity index (χ1) is 16.1. The van der Waals surface area contributed by atoms with Crippen molar-refractivity contribution in [3.63, 3.8) is 0 Å². The Labute approximate surface area is 202 Å². The van der Waals surface area contributed by atoms with Crippen LogP contribution in [0.5, 0.6) is 0 Å². The Morgan fingerprint density at radius 3 is 2.39 bits per heavy atom. The molecule has 0 atom stereocenters. The fourth-order valence-corrected chi connectivity index (χ4v) is 4.64. The van der Waals surface area contributed by atoms with Gasteiger partial charge in [0.2, 0.25) is 0 Å². The number of fused-ring (bicyclic) bond motifs is 1. The molecule has 176 valence electrons. The summed E-state index contributed by atoms with van der Waals surface area (Å²) in [6.45, 7) is 8.36. The number of hydrogen-bond donors (Lipinski definition) is 2. The molecule has 0 spiro atoms. The lowest BCUT2D eigenvalue weighted by atomic mass is 10.1. The summed E-state index contributed by atoms with van der Waals surface area (Å²) in [6.07, 6.45) is 7.67. The normalized spacial score (nSPS) is 14.3. The van der Waals surface area contributed by atoms with E-state index >= 15 is 0 Å². The largest absolute Gasteiger partial charge is 0.352 e. The van der Waals surface area contributed by atoms with Crippen LogP contribution >= 0.6 is 11.8 Å². The van der Waals surface area contributed by atoms with E-state index in [0.717, 1.165) is 36.5 Å². The zero-order valence-corrected chi connectivity index (χ0v) is 20.5. The van der Waals surface area contributed by atoms with Gasteiger partial charge in [-0.25, -0.2) is 0 Å². The number of nitrogens with zero attached hydrogens (tertiary/aromatic N) is 1. The number of unbranched alkanes of at least 4 members (excludes halogenated alkanes) is 2. The first kappa shape index (κ1) is 25.1. The number of rotatable bonds is 12. The Kier molecular flexibility index (Phi) is 10.0. The van der Waals surface area contributed by atoms with Crippen molar-refractivity contribution in [2.24, 2.45) is 0 Å². The molecule has 33 heavy (non-hydrogen) atoms. The highest BCUT2D eigenvalue weighted by molar-refractivity contribution is 8.04. The molecule has 2 aromatic carbocycles. The zero-order chi connectivity index (χ0) is 23.5. The highest BCUT2D eigenvalue weighted by atomic mass is 32.2. The van der Waals surface area contributed by atoms with Crippen LogP contribution in [0.15, 0.2) is 58.3 Å². The average Bonchev–Trinajstić information content (AvgIpc) is 2.83. The maximum atomic E-state index is 12.7. The number of amides is 2. The van der Waals surface area contributed by atoms with Crippen LogP contribution in [-0.2, 0) is 4.79 Å². The lowest BCUT2D eigenvalue weighted by Gasteiger charge is -2.22. The molecule has 3 rings (SSSR count). The van der Waals surface area contributed by atoms with Gasteiger partial charge in [-0.05, 0) is 68.7 Å². The van der Waals surface area contributed by atoms with Crippen molar-refractivity contribution in [1.29, 1.82) is 0 Å². The maximum absolute atomic E-state index is 12.7. The predicted octanol–water partition coefficient (Wildman–Crippen LogP) is 5.79. The summed E-state index contributed by atoms with van der Waals surface area (Å²) in [4.78, 5) is 29.3. The van der Waals surface area contributed by atoms with E-state index < -0.39 is 0 Å². The second kappa shape index (κ2) is 13.2. The molecule has 0 radical (unpaired) electrons. The fourth-order valence-electron chi connectivity index (χ4n) is 3.71. The predicted molar refractivity (Wildman–Crippen MR) is 139 cm³/mol. The van der Waals surface area contributed by atoms with E-state index in [2.05, 4.69) is 29.4 Å². The molecule has 0 aliphatic carbocycles. The van der Waals surface area contributed by atoms with E-state index in [0.29, 0.717) is 22.7 Å². The first-order valence-corrected chi connectivity index (χ1v) is 12.8. The number of nitrogens with one attached hydrogen (secondary N) is 2. The van der Waals surface area contributed by atoms with Crippen molar-refractivity contribution >= 4 is 35.3 Å². The molecule has 2 amide bonds. The lowest BCUT2D eigenvalue weighted by molar-refractivity contribution is -0.112. The summed E-state index contributed by atoms with van der Waals surface area (Å²) in [5, 5.41) is 5.96. The van der Waals surface area contributed by atoms with Crippen LogP contribution in [0.2, 0.25) is 0 Å². The third-order valence-corrected chi connectivity index (χ3v) is 6.72. The molecule has 0 fully saturated rings. The Balaban J connectivity index is 1.53. The Morgan fingerprint density at radius 1 is 1.00 bits per heavy atom. The Bertz CT molecular complexity index is 951. The molecule has 0 unspecified atom stereocenters. The number of anilines is 1. The molecule has 0 bridgehead atoms. The number of thioether (sulfide) groups is 1. The molecular weight excluding hydrogens is 430 g/mol. The third kappa shape index (κ3) is 7.76. The average molecular weight is 466 g/mol. The van der Waals surface area contributed by atoms with Gasteiger partial charge in [0.15, 0.2) is 0 Å². The minimum absolute atomic E-state index is 0.101. The monoisotopic (exact) mass is 465 g/mol. The molecule has 1 aliphatic heterocycles. The minimum atomic E-state index is -0.145. The van der Waals surface area contributed by atoms with Gasteiger partial charge >= 0.3 is 0 Å². The number of carbonyl (C=O) groups is 2. The van der Waals surface area contributed by atoms with Crippen LogP contribution in [0, 0.1) is 0 Å². The van der Waals surface area contributed by atoms with Gasteiger partial charge in [0.1, 0.15) is 0 Å². The van der Waals surface area contributed by atoms with Gasteiger partial charge in [-0.15, -0.1) is 0 Å². The number of hydrogen-bond acceptors (Lipinski definition) is 4. The standard InChI is InChI=1S/C27H35N3O2S/c1-3-5-16-30(17-6-4-2)18-10-15-28-26(31)22-13-14-24-23(20-22)29-27(32)25(33-24)19-21-11-8-7-9-12-21/h7-9,11-14,19-20H,3-6,10,15-18H2,1-2H3,(H,28,31)(H,29,32)/b25-19-. The van der Waals surface area contributed by atoms with E-state index in [1.807, 2.05) is 48.5 Å². The third-order valence-electron chi connectivity index (χ3n) is 5.62. The van der Waals surface area contributed by atoms with Gasteiger partial charge in [-0.3, -0.25) is 9.59 Å².